The molecule has 0 fully saturated rings. The molecule has 8 aromatic rings. The number of halogens is 4. The molecule has 0 N–H and O–H groups in total. The Hall–Kier alpha value is -6.40. The Morgan fingerprint density at radius 2 is 1.13 bits per heavy atom. The van der Waals surface area contributed by atoms with Crippen molar-refractivity contribution >= 4 is 32.7 Å². The summed E-state index contributed by atoms with van der Waals surface area (Å²) in [5, 5.41) is 21.3. The van der Waals surface area contributed by atoms with Gasteiger partial charge in [-0.2, -0.15) is 10.1 Å². The van der Waals surface area contributed by atoms with E-state index in [1.165, 1.54) is 12.1 Å². The van der Waals surface area contributed by atoms with E-state index in [9.17, 15) is 17.6 Å². The summed E-state index contributed by atoms with van der Waals surface area (Å²) in [6, 6.07) is 36.4. The summed E-state index contributed by atoms with van der Waals surface area (Å²) in [6.45, 7) is 0. The van der Waals surface area contributed by atoms with Crippen LogP contribution in [-0.4, -0.2) is 20.0 Å². The molecule has 6 aromatic carbocycles. The minimum absolute atomic E-state index is 0.0648. The average Bonchev–Trinajstić information content (AvgIpc) is 3.56. The van der Waals surface area contributed by atoms with Gasteiger partial charge in [0.1, 0.15) is 22.7 Å². The van der Waals surface area contributed by atoms with Crippen molar-refractivity contribution in [3.63, 3.8) is 0 Å². The topological polar surface area (TPSA) is 67.4 Å². The van der Waals surface area contributed by atoms with E-state index in [-0.39, 0.29) is 5.56 Å². The van der Waals surface area contributed by atoms with Gasteiger partial charge in [0.05, 0.1) is 22.5 Å². The molecule has 224 valence electrons. The summed E-state index contributed by atoms with van der Waals surface area (Å²) < 4.78 is 57.7. The minimum Gasteiger partial charge on any atom is -0.247 e. The van der Waals surface area contributed by atoms with Crippen molar-refractivity contribution in [2.75, 3.05) is 0 Å². The second kappa shape index (κ2) is 10.9. The molecule has 0 unspecified atom stereocenters. The molecule has 0 bridgehead atoms. The van der Waals surface area contributed by atoms with Gasteiger partial charge in [-0.1, -0.05) is 84.9 Å². The summed E-state index contributed by atoms with van der Waals surface area (Å²) in [6.07, 6.45) is 0. The number of hydrogen-bond donors (Lipinski definition) is 0. The minimum atomic E-state index is -1.72. The van der Waals surface area contributed by atoms with Crippen LogP contribution in [0.15, 0.2) is 115 Å². The lowest BCUT2D eigenvalue weighted by molar-refractivity contribution is 0.454. The van der Waals surface area contributed by atoms with Crippen molar-refractivity contribution < 1.29 is 17.6 Å². The molecule has 0 amide bonds. The van der Waals surface area contributed by atoms with Crippen molar-refractivity contribution in [2.24, 2.45) is 0 Å². The maximum atomic E-state index is 14.6. The molecule has 8 rings (SSSR count). The molecule has 0 aliphatic heterocycles. The van der Waals surface area contributed by atoms with Gasteiger partial charge < -0.3 is 0 Å². The zero-order chi connectivity index (χ0) is 32.2. The lowest BCUT2D eigenvalue weighted by Gasteiger charge is -2.12. The van der Waals surface area contributed by atoms with E-state index in [2.05, 4.69) is 0 Å². The number of nitrogens with zero attached hydrogens (tertiary/aromatic N) is 5. The van der Waals surface area contributed by atoms with E-state index in [1.54, 1.807) is 16.9 Å². The zero-order valence-electron chi connectivity index (χ0n) is 24.2. The largest absolute Gasteiger partial charge is 0.247 e. The fraction of sp³-hybridized carbons (Fsp3) is 0. The first kappa shape index (κ1) is 28.1. The van der Waals surface area contributed by atoms with E-state index in [4.69, 9.17) is 20.4 Å². The molecule has 47 heavy (non-hydrogen) atoms. The summed E-state index contributed by atoms with van der Waals surface area (Å²) in [7, 11) is 0. The summed E-state index contributed by atoms with van der Waals surface area (Å²) in [4.78, 5) is 6.66. The van der Waals surface area contributed by atoms with Crippen LogP contribution in [0.5, 0.6) is 0 Å². The first-order chi connectivity index (χ1) is 22.9. The molecule has 9 heteroatoms. The van der Waals surface area contributed by atoms with Gasteiger partial charge in [0, 0.05) is 21.7 Å². The van der Waals surface area contributed by atoms with Crippen molar-refractivity contribution in [2.45, 2.75) is 0 Å². The lowest BCUT2D eigenvalue weighted by Crippen LogP contribution is -2.03. The van der Waals surface area contributed by atoms with E-state index in [1.807, 2.05) is 91.0 Å². The molecule has 0 saturated heterocycles. The number of benzene rings is 6. The van der Waals surface area contributed by atoms with Gasteiger partial charge in [0.25, 0.3) is 0 Å². The molecule has 0 spiro atoms. The normalized spacial score (nSPS) is 11.4. The third-order valence-electron chi connectivity index (χ3n) is 8.24. The van der Waals surface area contributed by atoms with Crippen LogP contribution in [0.2, 0.25) is 0 Å². The van der Waals surface area contributed by atoms with Crippen molar-refractivity contribution in [3.8, 4) is 45.3 Å². The first-order valence-electron chi connectivity index (χ1n) is 14.5. The van der Waals surface area contributed by atoms with Crippen LogP contribution in [0.4, 0.5) is 17.6 Å². The third kappa shape index (κ3) is 4.50. The monoisotopic (exact) mass is 621 g/mol. The molecular formula is C38H19F4N5. The number of rotatable bonds is 4. The lowest BCUT2D eigenvalue weighted by atomic mass is 9.96. The Balaban J connectivity index is 1.20. The van der Waals surface area contributed by atoms with Crippen LogP contribution < -0.4 is 0 Å². The van der Waals surface area contributed by atoms with Gasteiger partial charge in [-0.05, 0) is 47.0 Å². The highest BCUT2D eigenvalue weighted by atomic mass is 19.2. The van der Waals surface area contributed by atoms with Crippen LogP contribution in [0.3, 0.4) is 0 Å². The van der Waals surface area contributed by atoms with Gasteiger partial charge >= 0.3 is 0 Å². The summed E-state index contributed by atoms with van der Waals surface area (Å²) in [5.74, 6) is -6.69. The summed E-state index contributed by atoms with van der Waals surface area (Å²) in [5.41, 5.74) is 4.11. The third-order valence-corrected chi connectivity index (χ3v) is 8.24. The zero-order valence-corrected chi connectivity index (χ0v) is 24.2. The fourth-order valence-corrected chi connectivity index (χ4v) is 5.94. The number of nitriles is 1. The van der Waals surface area contributed by atoms with Crippen LogP contribution in [0.1, 0.15) is 5.56 Å². The fourth-order valence-electron chi connectivity index (χ4n) is 5.94. The van der Waals surface area contributed by atoms with Crippen LogP contribution >= 0.6 is 0 Å². The average molecular weight is 622 g/mol. The molecule has 2 aromatic heterocycles. The molecule has 0 aliphatic carbocycles. The van der Waals surface area contributed by atoms with Crippen LogP contribution in [0.25, 0.3) is 71.9 Å². The Kier molecular flexibility index (Phi) is 6.51. The number of fused-ring (bicyclic) bond motifs is 5. The SMILES string of the molecule is N#Cc1c(F)c(F)c(-c2ccc(-c3ccc(-c4nc5ccccc5c5c4ccc4nn(-c6ccccc6)nc45)cc3)cc2)c(F)c1F. The van der Waals surface area contributed by atoms with Gasteiger partial charge in [-0.3, -0.25) is 0 Å². The number of pyridine rings is 1. The highest BCUT2D eigenvalue weighted by Gasteiger charge is 2.26. The summed E-state index contributed by atoms with van der Waals surface area (Å²) >= 11 is 0. The number of aromatic nitrogens is 4. The maximum absolute atomic E-state index is 14.6. The van der Waals surface area contributed by atoms with Crippen molar-refractivity contribution in [1.82, 2.24) is 20.0 Å². The predicted octanol–water partition coefficient (Wildman–Crippen LogP) is 9.55. The Morgan fingerprint density at radius 3 is 1.79 bits per heavy atom. The van der Waals surface area contributed by atoms with Crippen molar-refractivity contribution in [3.05, 3.63) is 144 Å². The smallest absolute Gasteiger partial charge is 0.180 e. The molecule has 0 aliphatic rings. The van der Waals surface area contributed by atoms with Crippen LogP contribution in [0, 0.1) is 34.6 Å². The van der Waals surface area contributed by atoms with E-state index >= 15 is 0 Å². The molecule has 0 atom stereocenters. The van der Waals surface area contributed by atoms with Gasteiger partial charge in [0.15, 0.2) is 23.3 Å². The van der Waals surface area contributed by atoms with Gasteiger partial charge in [-0.15, -0.1) is 10.2 Å². The quantitative estimate of drug-likeness (QED) is 0.112. The molecular weight excluding hydrogens is 602 g/mol. The standard InChI is InChI=1S/C38H19F4N5/c39-33-28(20-43)34(40)36(42)31(35(33)41)23-14-10-21(11-15-23)22-12-16-24(17-13-22)37-27-18-19-30-38(32(27)26-8-4-5-9-29(26)44-37)46-47(45-30)25-6-2-1-3-7-25/h1-19H. The van der Waals surface area contributed by atoms with Crippen molar-refractivity contribution in [1.29, 1.82) is 5.26 Å². The number of para-hydroxylation sites is 2. The molecule has 0 radical (unpaired) electrons. The van der Waals surface area contributed by atoms with Gasteiger partial charge in [-0.25, -0.2) is 22.5 Å². The molecule has 0 saturated carbocycles. The van der Waals surface area contributed by atoms with E-state index in [0.717, 1.165) is 61.3 Å². The second-order valence-corrected chi connectivity index (χ2v) is 10.9. The number of hydrogen-bond acceptors (Lipinski definition) is 4. The van der Waals surface area contributed by atoms with Crippen LogP contribution in [-0.2, 0) is 0 Å². The first-order valence-corrected chi connectivity index (χ1v) is 14.5. The Morgan fingerprint density at radius 1 is 0.532 bits per heavy atom. The van der Waals surface area contributed by atoms with E-state index < -0.39 is 34.4 Å². The predicted molar refractivity (Wildman–Crippen MR) is 173 cm³/mol. The molecule has 5 nitrogen and oxygen atoms in total. The Bertz CT molecular complexity index is 2530. The van der Waals surface area contributed by atoms with Gasteiger partial charge in [0.2, 0.25) is 0 Å². The van der Waals surface area contributed by atoms with E-state index in [0.29, 0.717) is 5.56 Å². The highest BCUT2D eigenvalue weighted by Crippen LogP contribution is 2.37. The highest BCUT2D eigenvalue weighted by molar-refractivity contribution is 6.20. The second-order valence-electron chi connectivity index (χ2n) is 10.9. The maximum Gasteiger partial charge on any atom is 0.180 e. The Labute approximate surface area is 264 Å². The molecule has 2 heterocycles.